The molecule has 2 aliphatic rings. The largest absolute Gasteiger partial charge is 0.496 e. The van der Waals surface area contributed by atoms with E-state index in [1.54, 1.807) is 0 Å². The SMILES string of the molecule is O=S1(=O)C=COC2CCCC[C@H]21. The lowest BCUT2D eigenvalue weighted by Crippen LogP contribution is -2.39. The molecule has 1 fully saturated rings. The van der Waals surface area contributed by atoms with Gasteiger partial charge in [-0.25, -0.2) is 8.42 Å². The third kappa shape index (κ3) is 1.24. The maximum Gasteiger partial charge on any atom is 0.181 e. The molecule has 12 heavy (non-hydrogen) atoms. The lowest BCUT2D eigenvalue weighted by Gasteiger charge is -2.31. The minimum absolute atomic E-state index is 0.0752. The number of sulfone groups is 1. The molecule has 0 N–H and O–H groups in total. The van der Waals surface area contributed by atoms with Gasteiger partial charge in [0.25, 0.3) is 0 Å². The van der Waals surface area contributed by atoms with Crippen LogP contribution in [0.15, 0.2) is 11.7 Å². The average Bonchev–Trinajstić information content (AvgIpc) is 2.04. The van der Waals surface area contributed by atoms with E-state index >= 15 is 0 Å². The summed E-state index contributed by atoms with van der Waals surface area (Å²) in [6.07, 6.45) is 4.99. The van der Waals surface area contributed by atoms with Gasteiger partial charge in [0, 0.05) is 0 Å². The van der Waals surface area contributed by atoms with E-state index in [1.165, 1.54) is 11.7 Å². The molecule has 68 valence electrons. The van der Waals surface area contributed by atoms with Gasteiger partial charge in [-0.15, -0.1) is 0 Å². The number of hydrogen-bond acceptors (Lipinski definition) is 3. The molecule has 1 aliphatic heterocycles. The Morgan fingerprint density at radius 1 is 1.25 bits per heavy atom. The molecular formula is C8H12O3S. The summed E-state index contributed by atoms with van der Waals surface area (Å²) in [4.78, 5) is 0. The fourth-order valence-electron chi connectivity index (χ4n) is 1.91. The van der Waals surface area contributed by atoms with Crippen LogP contribution in [0.25, 0.3) is 0 Å². The first kappa shape index (κ1) is 8.10. The first-order valence-electron chi connectivity index (χ1n) is 4.26. The van der Waals surface area contributed by atoms with Crippen molar-refractivity contribution < 1.29 is 13.2 Å². The zero-order valence-electron chi connectivity index (χ0n) is 6.77. The van der Waals surface area contributed by atoms with Gasteiger partial charge in [-0.2, -0.15) is 0 Å². The lowest BCUT2D eigenvalue weighted by atomic mass is 9.97. The summed E-state index contributed by atoms with van der Waals surface area (Å²) < 4.78 is 28.2. The second-order valence-corrected chi connectivity index (χ2v) is 5.41. The van der Waals surface area contributed by atoms with E-state index in [1.807, 2.05) is 0 Å². The molecule has 4 heteroatoms. The van der Waals surface area contributed by atoms with Crippen LogP contribution in [0.5, 0.6) is 0 Å². The summed E-state index contributed by atoms with van der Waals surface area (Å²) >= 11 is 0. The fraction of sp³-hybridized carbons (Fsp3) is 0.750. The van der Waals surface area contributed by atoms with Crippen LogP contribution >= 0.6 is 0 Å². The summed E-state index contributed by atoms with van der Waals surface area (Å²) in [5.41, 5.74) is 0. The Labute approximate surface area is 72.3 Å². The monoisotopic (exact) mass is 188 g/mol. The second kappa shape index (κ2) is 2.76. The van der Waals surface area contributed by atoms with Crippen molar-refractivity contribution in [1.29, 1.82) is 0 Å². The van der Waals surface area contributed by atoms with Crippen molar-refractivity contribution in [2.75, 3.05) is 0 Å². The molecular weight excluding hydrogens is 176 g/mol. The molecule has 0 aromatic carbocycles. The van der Waals surface area contributed by atoms with Crippen molar-refractivity contribution in [3.8, 4) is 0 Å². The maximum atomic E-state index is 11.4. The van der Waals surface area contributed by atoms with Crippen molar-refractivity contribution in [3.05, 3.63) is 11.7 Å². The van der Waals surface area contributed by atoms with Crippen molar-refractivity contribution >= 4 is 9.84 Å². The predicted octanol–water partition coefficient (Wildman–Crippen LogP) is 1.21. The second-order valence-electron chi connectivity index (χ2n) is 3.36. The molecule has 0 aromatic heterocycles. The fourth-order valence-corrected chi connectivity index (χ4v) is 3.45. The number of fused-ring (bicyclic) bond motifs is 1. The van der Waals surface area contributed by atoms with Gasteiger partial charge >= 0.3 is 0 Å². The first-order valence-corrected chi connectivity index (χ1v) is 5.87. The van der Waals surface area contributed by atoms with E-state index in [-0.39, 0.29) is 11.4 Å². The highest BCUT2D eigenvalue weighted by Gasteiger charge is 2.37. The molecule has 0 bridgehead atoms. The van der Waals surface area contributed by atoms with E-state index in [4.69, 9.17) is 4.74 Å². The van der Waals surface area contributed by atoms with Crippen LogP contribution < -0.4 is 0 Å². The summed E-state index contributed by atoms with van der Waals surface area (Å²) in [6.45, 7) is 0. The van der Waals surface area contributed by atoms with Crippen LogP contribution in [0.1, 0.15) is 25.7 Å². The Kier molecular flexibility index (Phi) is 1.87. The van der Waals surface area contributed by atoms with Gasteiger partial charge in [-0.1, -0.05) is 6.42 Å². The predicted molar refractivity (Wildman–Crippen MR) is 45.2 cm³/mol. The van der Waals surface area contributed by atoms with Gasteiger partial charge < -0.3 is 4.74 Å². The van der Waals surface area contributed by atoms with E-state index in [9.17, 15) is 8.42 Å². The van der Waals surface area contributed by atoms with Gasteiger partial charge in [0.05, 0.1) is 11.7 Å². The summed E-state index contributed by atoms with van der Waals surface area (Å²) in [5, 5.41) is 0.927. The van der Waals surface area contributed by atoms with E-state index in [0.717, 1.165) is 25.7 Å². The molecule has 1 aliphatic carbocycles. The van der Waals surface area contributed by atoms with E-state index < -0.39 is 9.84 Å². The Morgan fingerprint density at radius 3 is 2.75 bits per heavy atom. The smallest absolute Gasteiger partial charge is 0.181 e. The molecule has 1 heterocycles. The summed E-state index contributed by atoms with van der Waals surface area (Å²) in [7, 11) is -2.99. The van der Waals surface area contributed by atoms with Gasteiger partial charge in [-0.3, -0.25) is 0 Å². The van der Waals surface area contributed by atoms with Crippen molar-refractivity contribution in [1.82, 2.24) is 0 Å². The van der Waals surface area contributed by atoms with Crippen LogP contribution in [0.3, 0.4) is 0 Å². The van der Waals surface area contributed by atoms with Crippen molar-refractivity contribution in [2.24, 2.45) is 0 Å². The topological polar surface area (TPSA) is 43.4 Å². The Balaban J connectivity index is 2.30. The molecule has 0 spiro atoms. The summed E-state index contributed by atoms with van der Waals surface area (Å²) in [5.74, 6) is 0. The Bertz CT molecular complexity index is 291. The van der Waals surface area contributed by atoms with Gasteiger partial charge in [-0.05, 0) is 19.3 Å². The Hall–Kier alpha value is -0.510. The Morgan fingerprint density at radius 2 is 2.00 bits per heavy atom. The van der Waals surface area contributed by atoms with Crippen LogP contribution in [-0.4, -0.2) is 19.8 Å². The standard InChI is InChI=1S/C8H12O3S/c9-12(10)6-5-11-7-3-1-2-4-8(7)12/h5-8H,1-4H2/t7?,8-/m1/s1. The normalized spacial score (nSPS) is 38.3. The molecule has 0 amide bonds. The minimum Gasteiger partial charge on any atom is -0.496 e. The highest BCUT2D eigenvalue weighted by Crippen LogP contribution is 2.30. The van der Waals surface area contributed by atoms with Crippen LogP contribution in [0.2, 0.25) is 0 Å². The molecule has 2 atom stereocenters. The number of ether oxygens (including phenoxy) is 1. The van der Waals surface area contributed by atoms with Gasteiger partial charge in [0.2, 0.25) is 0 Å². The van der Waals surface area contributed by atoms with E-state index in [0.29, 0.717) is 0 Å². The van der Waals surface area contributed by atoms with Gasteiger partial charge in [0.15, 0.2) is 9.84 Å². The van der Waals surface area contributed by atoms with Gasteiger partial charge in [0.1, 0.15) is 11.4 Å². The highest BCUT2D eigenvalue weighted by atomic mass is 32.2. The van der Waals surface area contributed by atoms with Crippen molar-refractivity contribution in [3.63, 3.8) is 0 Å². The quantitative estimate of drug-likeness (QED) is 0.574. The highest BCUT2D eigenvalue weighted by molar-refractivity contribution is 7.95. The summed E-state index contributed by atoms with van der Waals surface area (Å²) in [6, 6.07) is 0. The molecule has 0 aromatic rings. The van der Waals surface area contributed by atoms with Crippen LogP contribution in [-0.2, 0) is 14.6 Å². The first-order chi connectivity index (χ1) is 5.70. The minimum atomic E-state index is -2.99. The van der Waals surface area contributed by atoms with E-state index in [2.05, 4.69) is 0 Å². The lowest BCUT2D eigenvalue weighted by molar-refractivity contribution is 0.105. The average molecular weight is 188 g/mol. The maximum absolute atomic E-state index is 11.4. The van der Waals surface area contributed by atoms with Crippen LogP contribution in [0.4, 0.5) is 0 Å². The third-order valence-corrected chi connectivity index (χ3v) is 4.44. The van der Waals surface area contributed by atoms with Crippen LogP contribution in [0, 0.1) is 0 Å². The van der Waals surface area contributed by atoms with Crippen molar-refractivity contribution in [2.45, 2.75) is 37.0 Å². The number of rotatable bonds is 0. The molecule has 0 saturated heterocycles. The third-order valence-electron chi connectivity index (χ3n) is 2.56. The molecule has 3 nitrogen and oxygen atoms in total. The molecule has 2 rings (SSSR count). The molecule has 0 radical (unpaired) electrons. The molecule has 1 saturated carbocycles. The zero-order valence-corrected chi connectivity index (χ0v) is 7.59. The zero-order chi connectivity index (χ0) is 8.60. The molecule has 1 unspecified atom stereocenters. The number of hydrogen-bond donors (Lipinski definition) is 0.